The summed E-state index contributed by atoms with van der Waals surface area (Å²) < 4.78 is 5.90. The number of benzene rings is 3. The third-order valence-corrected chi connectivity index (χ3v) is 6.71. The van der Waals surface area contributed by atoms with Gasteiger partial charge in [0.1, 0.15) is 11.5 Å². The van der Waals surface area contributed by atoms with Crippen LogP contribution in [0, 0.1) is 0 Å². The predicted molar refractivity (Wildman–Crippen MR) is 132 cm³/mol. The molecule has 1 saturated heterocycles. The van der Waals surface area contributed by atoms with E-state index in [1.165, 1.54) is 16.8 Å². The maximum Gasteiger partial charge on any atom is 0.251 e. The molecule has 1 fully saturated rings. The van der Waals surface area contributed by atoms with Crippen LogP contribution in [0.5, 0.6) is 11.5 Å². The van der Waals surface area contributed by atoms with Crippen LogP contribution in [0.1, 0.15) is 27.9 Å². The zero-order chi connectivity index (χ0) is 22.6. The van der Waals surface area contributed by atoms with Crippen LogP contribution in [0.3, 0.4) is 0 Å². The molecule has 1 aliphatic carbocycles. The van der Waals surface area contributed by atoms with Crippen LogP contribution in [-0.2, 0) is 12.8 Å². The monoisotopic (exact) mass is 441 g/mol. The van der Waals surface area contributed by atoms with Crippen molar-refractivity contribution in [3.05, 3.63) is 89.5 Å². The first-order chi connectivity index (χ1) is 16.2. The second-order valence-corrected chi connectivity index (χ2v) is 9.06. The Morgan fingerprint density at radius 2 is 1.67 bits per heavy atom. The van der Waals surface area contributed by atoms with Gasteiger partial charge in [0.2, 0.25) is 0 Å². The number of amides is 1. The number of carbonyl (C=O) groups is 1. The molecule has 0 spiro atoms. The van der Waals surface area contributed by atoms with Crippen molar-refractivity contribution in [2.45, 2.75) is 25.3 Å². The lowest BCUT2D eigenvalue weighted by molar-refractivity contribution is 0.0933. The zero-order valence-corrected chi connectivity index (χ0v) is 19.2. The fourth-order valence-electron chi connectivity index (χ4n) is 4.85. The van der Waals surface area contributed by atoms with E-state index in [0.29, 0.717) is 11.3 Å². The Hall–Kier alpha value is -3.31. The summed E-state index contributed by atoms with van der Waals surface area (Å²) in [6, 6.07) is 23.8. The first-order valence-corrected chi connectivity index (χ1v) is 11.8. The van der Waals surface area contributed by atoms with Crippen LogP contribution in [0.4, 0.5) is 5.69 Å². The van der Waals surface area contributed by atoms with Gasteiger partial charge >= 0.3 is 0 Å². The highest BCUT2D eigenvalue weighted by Crippen LogP contribution is 2.31. The van der Waals surface area contributed by atoms with Crippen molar-refractivity contribution >= 4 is 11.6 Å². The van der Waals surface area contributed by atoms with Crippen molar-refractivity contribution in [3.8, 4) is 11.5 Å². The summed E-state index contributed by atoms with van der Waals surface area (Å²) in [5, 5.41) is 3.26. The van der Waals surface area contributed by atoms with E-state index in [1.54, 1.807) is 0 Å². The molecule has 3 aromatic carbocycles. The first kappa shape index (κ1) is 21.5. The van der Waals surface area contributed by atoms with E-state index in [9.17, 15) is 4.79 Å². The molecule has 5 rings (SSSR count). The lowest BCUT2D eigenvalue weighted by Gasteiger charge is -2.37. The third-order valence-electron chi connectivity index (χ3n) is 6.71. The molecule has 1 aliphatic heterocycles. The van der Waals surface area contributed by atoms with E-state index >= 15 is 0 Å². The predicted octanol–water partition coefficient (Wildman–Crippen LogP) is 4.52. The molecule has 5 heteroatoms. The van der Waals surface area contributed by atoms with Gasteiger partial charge in [-0.25, -0.2) is 0 Å². The molecule has 2 aliphatic rings. The van der Waals surface area contributed by atoms with E-state index in [0.717, 1.165) is 51.2 Å². The van der Waals surface area contributed by atoms with Crippen LogP contribution in [0.15, 0.2) is 72.8 Å². The average Bonchev–Trinajstić information content (AvgIpc) is 2.85. The summed E-state index contributed by atoms with van der Waals surface area (Å²) >= 11 is 0. The molecule has 1 heterocycles. The lowest BCUT2D eigenvalue weighted by atomic mass is 9.86. The largest absolute Gasteiger partial charge is 0.457 e. The maximum absolute atomic E-state index is 13.0. The first-order valence-electron chi connectivity index (χ1n) is 11.8. The second-order valence-electron chi connectivity index (χ2n) is 9.06. The van der Waals surface area contributed by atoms with Gasteiger partial charge in [-0.2, -0.15) is 0 Å². The molecule has 5 nitrogen and oxygen atoms in total. The Morgan fingerprint density at radius 1 is 0.909 bits per heavy atom. The summed E-state index contributed by atoms with van der Waals surface area (Å²) in [6.45, 7) is 4.37. The van der Waals surface area contributed by atoms with Gasteiger partial charge in [-0.1, -0.05) is 36.4 Å². The Balaban J connectivity index is 1.24. The fraction of sp³-hybridized carbons (Fsp3) is 0.321. The van der Waals surface area contributed by atoms with Gasteiger partial charge in [0.25, 0.3) is 5.91 Å². The van der Waals surface area contributed by atoms with E-state index in [-0.39, 0.29) is 11.9 Å². The smallest absolute Gasteiger partial charge is 0.251 e. The number of piperazine rings is 1. The van der Waals surface area contributed by atoms with Gasteiger partial charge in [0, 0.05) is 43.5 Å². The Labute approximate surface area is 196 Å². The van der Waals surface area contributed by atoms with Crippen LogP contribution in [0.2, 0.25) is 0 Å². The molecule has 33 heavy (non-hydrogen) atoms. The lowest BCUT2D eigenvalue weighted by Crippen LogP contribution is -2.45. The summed E-state index contributed by atoms with van der Waals surface area (Å²) in [4.78, 5) is 17.9. The highest BCUT2D eigenvalue weighted by atomic mass is 16.5. The van der Waals surface area contributed by atoms with Crippen LogP contribution in [-0.4, -0.2) is 50.1 Å². The van der Waals surface area contributed by atoms with Gasteiger partial charge in [-0.05, 0) is 73.8 Å². The minimum atomic E-state index is -0.0443. The van der Waals surface area contributed by atoms with Crippen molar-refractivity contribution in [1.82, 2.24) is 10.2 Å². The number of anilines is 1. The number of carbonyl (C=O) groups excluding carboxylic acids is 1. The van der Waals surface area contributed by atoms with Crippen molar-refractivity contribution < 1.29 is 9.53 Å². The normalized spacial score (nSPS) is 18.5. The summed E-state index contributed by atoms with van der Waals surface area (Å²) in [5.74, 6) is 1.38. The van der Waals surface area contributed by atoms with Gasteiger partial charge in [0.15, 0.2) is 0 Å². The molecule has 1 atom stereocenters. The number of rotatable bonds is 5. The number of fused-ring (bicyclic) bond motifs is 1. The van der Waals surface area contributed by atoms with Gasteiger partial charge in [-0.15, -0.1) is 0 Å². The average molecular weight is 442 g/mol. The molecule has 1 unspecified atom stereocenters. The van der Waals surface area contributed by atoms with E-state index in [2.05, 4.69) is 40.4 Å². The van der Waals surface area contributed by atoms with Crippen LogP contribution in [0.25, 0.3) is 0 Å². The molecule has 1 amide bonds. The van der Waals surface area contributed by atoms with Gasteiger partial charge in [0.05, 0.1) is 0 Å². The molecule has 1 N–H and O–H groups in total. The molecule has 0 bridgehead atoms. The SMILES string of the molecule is CN1CCN(c2cccc3c2CCC(NC(=O)c2cccc(Oc4ccccc4)c2)C3)CC1. The van der Waals surface area contributed by atoms with Gasteiger partial charge < -0.3 is 19.9 Å². The van der Waals surface area contributed by atoms with Crippen LogP contribution < -0.4 is 15.0 Å². The highest BCUT2D eigenvalue weighted by Gasteiger charge is 2.25. The number of para-hydroxylation sites is 1. The minimum absolute atomic E-state index is 0.0443. The van der Waals surface area contributed by atoms with Gasteiger partial charge in [-0.3, -0.25) is 4.79 Å². The van der Waals surface area contributed by atoms with Crippen LogP contribution >= 0.6 is 0 Å². The van der Waals surface area contributed by atoms with Crippen molar-refractivity contribution in [2.24, 2.45) is 0 Å². The zero-order valence-electron chi connectivity index (χ0n) is 19.2. The third kappa shape index (κ3) is 5.04. The Bertz CT molecular complexity index is 1110. The number of nitrogens with one attached hydrogen (secondary N) is 1. The number of hydrogen-bond donors (Lipinski definition) is 1. The van der Waals surface area contributed by atoms with Crippen molar-refractivity contribution in [2.75, 3.05) is 38.1 Å². The Morgan fingerprint density at radius 3 is 2.48 bits per heavy atom. The number of likely N-dealkylation sites (N-methyl/N-ethyl adjacent to an activating group) is 1. The number of nitrogens with zero attached hydrogens (tertiary/aromatic N) is 2. The van der Waals surface area contributed by atoms with Crippen molar-refractivity contribution in [1.29, 1.82) is 0 Å². The molecule has 170 valence electrons. The topological polar surface area (TPSA) is 44.8 Å². The number of hydrogen-bond acceptors (Lipinski definition) is 4. The Kier molecular flexibility index (Phi) is 6.31. The number of ether oxygens (including phenoxy) is 1. The minimum Gasteiger partial charge on any atom is -0.457 e. The quantitative estimate of drug-likeness (QED) is 0.632. The van der Waals surface area contributed by atoms with E-state index in [4.69, 9.17) is 4.74 Å². The standard InChI is InChI=1S/C28H31N3O2/c1-30-15-17-31(18-16-30)27-12-6-7-21-19-23(13-14-26(21)27)29-28(32)22-8-5-11-25(20-22)33-24-9-3-2-4-10-24/h2-12,20,23H,13-19H2,1H3,(H,29,32). The van der Waals surface area contributed by atoms with Crippen molar-refractivity contribution in [3.63, 3.8) is 0 Å². The maximum atomic E-state index is 13.0. The summed E-state index contributed by atoms with van der Waals surface area (Å²) in [5.41, 5.74) is 4.84. The van der Waals surface area contributed by atoms with E-state index < -0.39 is 0 Å². The van der Waals surface area contributed by atoms with E-state index in [1.807, 2.05) is 54.6 Å². The molecule has 0 aromatic heterocycles. The second kappa shape index (κ2) is 9.67. The molecular weight excluding hydrogens is 410 g/mol. The molecule has 3 aromatic rings. The summed E-state index contributed by atoms with van der Waals surface area (Å²) in [7, 11) is 2.19. The highest BCUT2D eigenvalue weighted by molar-refractivity contribution is 5.94. The summed E-state index contributed by atoms with van der Waals surface area (Å²) in [6.07, 6.45) is 2.84. The molecule has 0 radical (unpaired) electrons. The fourth-order valence-corrected chi connectivity index (χ4v) is 4.85. The molecular formula is C28H31N3O2. The molecule has 0 saturated carbocycles.